The molecule has 0 spiro atoms. The number of nitrogens with two attached hydrogens (primary N) is 1. The van der Waals surface area contributed by atoms with Crippen LogP contribution in [0.1, 0.15) is 32.0 Å². The van der Waals surface area contributed by atoms with E-state index in [2.05, 4.69) is 28.4 Å². The molecule has 2 aromatic rings. The molecule has 0 bridgehead atoms. The van der Waals surface area contributed by atoms with Crippen molar-refractivity contribution >= 4 is 11.2 Å². The van der Waals surface area contributed by atoms with Crippen molar-refractivity contribution in [2.24, 2.45) is 5.73 Å². The second kappa shape index (κ2) is 4.61. The van der Waals surface area contributed by atoms with Crippen LogP contribution in [-0.4, -0.2) is 21.1 Å². The molecule has 2 rings (SSSR count). The molecule has 0 saturated heterocycles. The van der Waals surface area contributed by atoms with Crippen LogP contribution in [0.25, 0.3) is 11.2 Å². The molecule has 0 amide bonds. The number of fused-ring (bicyclic) bond motifs is 1. The van der Waals surface area contributed by atoms with Crippen molar-refractivity contribution in [3.8, 4) is 0 Å². The Morgan fingerprint density at radius 1 is 1.50 bits per heavy atom. The molecule has 1 atom stereocenters. The van der Waals surface area contributed by atoms with Gasteiger partial charge in [0.25, 0.3) is 0 Å². The third kappa shape index (κ3) is 1.80. The van der Waals surface area contributed by atoms with Gasteiger partial charge in [0.1, 0.15) is 11.3 Å². The second-order valence-corrected chi connectivity index (χ2v) is 4.10. The quantitative estimate of drug-likeness (QED) is 0.852. The van der Waals surface area contributed by atoms with Gasteiger partial charge in [0.2, 0.25) is 0 Å². The van der Waals surface area contributed by atoms with Crippen LogP contribution >= 0.6 is 0 Å². The van der Waals surface area contributed by atoms with Gasteiger partial charge >= 0.3 is 0 Å². The first-order chi connectivity index (χ1) is 7.77. The van der Waals surface area contributed by atoms with Crippen molar-refractivity contribution in [1.29, 1.82) is 0 Å². The Balaban J connectivity index is 2.58. The summed E-state index contributed by atoms with van der Waals surface area (Å²) in [5, 5.41) is 0. The summed E-state index contributed by atoms with van der Waals surface area (Å²) in [6, 6.07) is 3.92. The first-order valence-corrected chi connectivity index (χ1v) is 5.79. The highest BCUT2D eigenvalue weighted by molar-refractivity contribution is 5.71. The average Bonchev–Trinajstić information content (AvgIpc) is 2.68. The predicted octanol–water partition coefficient (Wildman–Crippen LogP) is 1.90. The predicted molar refractivity (Wildman–Crippen MR) is 65.3 cm³/mol. The van der Waals surface area contributed by atoms with Crippen LogP contribution in [0.2, 0.25) is 0 Å². The maximum atomic E-state index is 5.72. The minimum atomic E-state index is 0.278. The maximum Gasteiger partial charge on any atom is 0.159 e. The summed E-state index contributed by atoms with van der Waals surface area (Å²) >= 11 is 0. The Labute approximate surface area is 95.5 Å². The summed E-state index contributed by atoms with van der Waals surface area (Å²) in [5.41, 5.74) is 7.65. The zero-order valence-corrected chi connectivity index (χ0v) is 9.85. The van der Waals surface area contributed by atoms with Gasteiger partial charge in [-0.05, 0) is 18.6 Å². The number of hydrogen-bond donors (Lipinski definition) is 1. The molecule has 2 N–H and O–H groups in total. The standard InChI is InChI=1S/C12H18N4/c1-3-7-16-11(9(2)8-13)15-10-5-4-6-14-12(10)16/h4-6,9H,3,7-8,13H2,1-2H3. The lowest BCUT2D eigenvalue weighted by molar-refractivity contribution is 0.603. The fourth-order valence-electron chi connectivity index (χ4n) is 1.90. The van der Waals surface area contributed by atoms with Crippen LogP contribution in [0.3, 0.4) is 0 Å². The van der Waals surface area contributed by atoms with Gasteiger partial charge in [-0.25, -0.2) is 9.97 Å². The van der Waals surface area contributed by atoms with Gasteiger partial charge in [0.05, 0.1) is 0 Å². The van der Waals surface area contributed by atoms with Gasteiger partial charge in [-0.2, -0.15) is 0 Å². The van der Waals surface area contributed by atoms with E-state index in [4.69, 9.17) is 5.73 Å². The van der Waals surface area contributed by atoms with Crippen LogP contribution in [0, 0.1) is 0 Å². The lowest BCUT2D eigenvalue weighted by atomic mass is 10.2. The fraction of sp³-hybridized carbons (Fsp3) is 0.500. The Hall–Kier alpha value is -1.42. The van der Waals surface area contributed by atoms with Gasteiger partial charge < -0.3 is 10.3 Å². The van der Waals surface area contributed by atoms with Gasteiger partial charge in [0.15, 0.2) is 5.65 Å². The summed E-state index contributed by atoms with van der Waals surface area (Å²) in [5.74, 6) is 1.33. The first kappa shape index (κ1) is 11.1. The summed E-state index contributed by atoms with van der Waals surface area (Å²) in [6.07, 6.45) is 2.89. The molecule has 16 heavy (non-hydrogen) atoms. The van der Waals surface area contributed by atoms with Crippen molar-refractivity contribution in [3.63, 3.8) is 0 Å². The molecular formula is C12H18N4. The van der Waals surface area contributed by atoms with Crippen molar-refractivity contribution in [3.05, 3.63) is 24.2 Å². The molecule has 0 aliphatic rings. The van der Waals surface area contributed by atoms with Crippen LogP contribution in [0.4, 0.5) is 0 Å². The number of pyridine rings is 1. The first-order valence-electron chi connectivity index (χ1n) is 5.79. The highest BCUT2D eigenvalue weighted by Gasteiger charge is 2.15. The largest absolute Gasteiger partial charge is 0.330 e. The zero-order valence-electron chi connectivity index (χ0n) is 9.85. The molecule has 0 aliphatic heterocycles. The minimum Gasteiger partial charge on any atom is -0.330 e. The zero-order chi connectivity index (χ0) is 11.5. The Kier molecular flexibility index (Phi) is 3.19. The average molecular weight is 218 g/mol. The van der Waals surface area contributed by atoms with Crippen LogP contribution in [-0.2, 0) is 6.54 Å². The molecule has 2 aromatic heterocycles. The van der Waals surface area contributed by atoms with Crippen LogP contribution in [0.15, 0.2) is 18.3 Å². The fourth-order valence-corrected chi connectivity index (χ4v) is 1.90. The molecular weight excluding hydrogens is 200 g/mol. The lowest BCUT2D eigenvalue weighted by Crippen LogP contribution is -2.15. The molecule has 0 aromatic carbocycles. The van der Waals surface area contributed by atoms with E-state index in [0.717, 1.165) is 30.0 Å². The van der Waals surface area contributed by atoms with E-state index in [0.29, 0.717) is 6.54 Å². The Morgan fingerprint density at radius 2 is 2.31 bits per heavy atom. The molecule has 4 heteroatoms. The Morgan fingerprint density at radius 3 is 3.00 bits per heavy atom. The van der Waals surface area contributed by atoms with E-state index in [9.17, 15) is 0 Å². The van der Waals surface area contributed by atoms with E-state index in [1.807, 2.05) is 18.3 Å². The smallest absolute Gasteiger partial charge is 0.159 e. The normalized spacial score (nSPS) is 13.2. The van der Waals surface area contributed by atoms with E-state index in [1.54, 1.807) is 0 Å². The monoisotopic (exact) mass is 218 g/mol. The number of imidazole rings is 1. The topological polar surface area (TPSA) is 56.7 Å². The third-order valence-corrected chi connectivity index (χ3v) is 2.77. The van der Waals surface area contributed by atoms with Crippen LogP contribution in [0.5, 0.6) is 0 Å². The number of aryl methyl sites for hydroxylation is 1. The number of hydrogen-bond acceptors (Lipinski definition) is 3. The van der Waals surface area contributed by atoms with E-state index >= 15 is 0 Å². The summed E-state index contributed by atoms with van der Waals surface area (Å²) in [4.78, 5) is 9.02. The molecule has 86 valence electrons. The molecule has 0 radical (unpaired) electrons. The van der Waals surface area contributed by atoms with E-state index in [1.165, 1.54) is 0 Å². The van der Waals surface area contributed by atoms with E-state index in [-0.39, 0.29) is 5.92 Å². The maximum absolute atomic E-state index is 5.72. The van der Waals surface area contributed by atoms with Crippen molar-refractivity contribution < 1.29 is 0 Å². The molecule has 0 saturated carbocycles. The van der Waals surface area contributed by atoms with Crippen LogP contribution < -0.4 is 5.73 Å². The van der Waals surface area contributed by atoms with Crippen molar-refractivity contribution in [2.75, 3.05) is 6.54 Å². The molecule has 0 fully saturated rings. The van der Waals surface area contributed by atoms with Gasteiger partial charge in [-0.3, -0.25) is 0 Å². The number of nitrogens with zero attached hydrogens (tertiary/aromatic N) is 3. The van der Waals surface area contributed by atoms with Gasteiger partial charge in [-0.15, -0.1) is 0 Å². The van der Waals surface area contributed by atoms with Gasteiger partial charge in [0, 0.05) is 25.2 Å². The second-order valence-electron chi connectivity index (χ2n) is 4.10. The summed E-state index contributed by atoms with van der Waals surface area (Å²) in [7, 11) is 0. The minimum absolute atomic E-state index is 0.278. The van der Waals surface area contributed by atoms with E-state index < -0.39 is 0 Å². The molecule has 1 unspecified atom stereocenters. The SMILES string of the molecule is CCCn1c(C(C)CN)nc2cccnc21. The van der Waals surface area contributed by atoms with Gasteiger partial charge in [-0.1, -0.05) is 13.8 Å². The Bertz CT molecular complexity index is 475. The highest BCUT2D eigenvalue weighted by atomic mass is 15.1. The molecule has 2 heterocycles. The third-order valence-electron chi connectivity index (χ3n) is 2.77. The lowest BCUT2D eigenvalue weighted by Gasteiger charge is -2.11. The van der Waals surface area contributed by atoms with Crippen molar-refractivity contribution in [2.45, 2.75) is 32.7 Å². The van der Waals surface area contributed by atoms with Crippen molar-refractivity contribution in [1.82, 2.24) is 14.5 Å². The number of aromatic nitrogens is 3. The summed E-state index contributed by atoms with van der Waals surface area (Å²) < 4.78 is 2.19. The number of rotatable bonds is 4. The molecule has 4 nitrogen and oxygen atoms in total. The molecule has 0 aliphatic carbocycles. The summed E-state index contributed by atoms with van der Waals surface area (Å²) in [6.45, 7) is 5.83. The highest BCUT2D eigenvalue weighted by Crippen LogP contribution is 2.20.